The Labute approximate surface area is 95.7 Å². The lowest BCUT2D eigenvalue weighted by Crippen LogP contribution is -2.38. The van der Waals surface area contributed by atoms with Gasteiger partial charge in [0.2, 0.25) is 0 Å². The van der Waals surface area contributed by atoms with Gasteiger partial charge in [0.1, 0.15) is 0 Å². The highest BCUT2D eigenvalue weighted by Crippen LogP contribution is 2.09. The van der Waals surface area contributed by atoms with Gasteiger partial charge >= 0.3 is 0 Å². The lowest BCUT2D eigenvalue weighted by molar-refractivity contribution is 0.0221. The monoisotopic (exact) mass is 266 g/mol. The summed E-state index contributed by atoms with van der Waals surface area (Å²) in [7, 11) is 0. The molecule has 0 amide bonds. The van der Waals surface area contributed by atoms with E-state index < -0.39 is 0 Å². The van der Waals surface area contributed by atoms with E-state index in [1.165, 1.54) is 32.1 Å². The summed E-state index contributed by atoms with van der Waals surface area (Å²) in [5, 5.41) is 4.50. The molecule has 1 unspecified atom stereocenters. The van der Waals surface area contributed by atoms with Gasteiger partial charge in [-0.2, -0.15) is 0 Å². The number of morpholine rings is 1. The van der Waals surface area contributed by atoms with Crippen molar-refractivity contribution in [3.05, 3.63) is 0 Å². The van der Waals surface area contributed by atoms with Crippen LogP contribution in [0.1, 0.15) is 32.1 Å². The summed E-state index contributed by atoms with van der Waals surface area (Å²) in [4.78, 5) is 0. The smallest absolute Gasteiger partial charge is 0.0700 e. The average molecular weight is 267 g/mol. The molecule has 1 heterocycles. The van der Waals surface area contributed by atoms with Crippen LogP contribution in [0.4, 0.5) is 0 Å². The Bertz CT molecular complexity index is 119. The topological polar surface area (TPSA) is 56.3 Å². The Hall–Kier alpha value is 0.360. The summed E-state index contributed by atoms with van der Waals surface area (Å²) in [6.07, 6.45) is 7.05. The van der Waals surface area contributed by atoms with Crippen molar-refractivity contribution in [1.82, 2.24) is 11.5 Å². The van der Waals surface area contributed by atoms with Gasteiger partial charge in [-0.05, 0) is 12.8 Å². The van der Waals surface area contributed by atoms with Crippen LogP contribution in [-0.4, -0.2) is 31.1 Å². The van der Waals surface area contributed by atoms with E-state index in [9.17, 15) is 0 Å². The molecule has 1 aliphatic heterocycles. The van der Waals surface area contributed by atoms with E-state index >= 15 is 0 Å². The van der Waals surface area contributed by atoms with E-state index in [4.69, 9.17) is 4.74 Å². The zero-order valence-electron chi connectivity index (χ0n) is 8.93. The molecule has 1 aliphatic rings. The number of hydrogen-bond acceptors (Lipinski definition) is 3. The highest BCUT2D eigenvalue weighted by molar-refractivity contribution is 9.09. The van der Waals surface area contributed by atoms with Gasteiger partial charge in [0.15, 0.2) is 0 Å². The summed E-state index contributed by atoms with van der Waals surface area (Å²) < 4.78 is 5.61. The Balaban J connectivity index is 0.00000169. The molecule has 1 atom stereocenters. The maximum absolute atomic E-state index is 5.61. The standard InChI is InChI=1S/C10H20BrNO.H3N/c11-6-4-2-1-3-5-10-9-12-7-8-13-10;/h10,12H,1-9H2;1H3. The van der Waals surface area contributed by atoms with Crippen molar-refractivity contribution in [1.29, 1.82) is 0 Å². The first kappa shape index (κ1) is 14.4. The third kappa shape index (κ3) is 6.76. The van der Waals surface area contributed by atoms with E-state index in [1.54, 1.807) is 0 Å². The molecule has 0 aromatic rings. The fourth-order valence-electron chi connectivity index (χ4n) is 1.63. The normalized spacial score (nSPS) is 21.6. The Morgan fingerprint density at radius 3 is 2.64 bits per heavy atom. The molecule has 0 saturated carbocycles. The first-order valence-electron chi connectivity index (χ1n) is 5.32. The third-order valence-electron chi connectivity index (χ3n) is 2.41. The molecule has 86 valence electrons. The zero-order valence-corrected chi connectivity index (χ0v) is 10.5. The average Bonchev–Trinajstić information content (AvgIpc) is 2.19. The second-order valence-electron chi connectivity index (χ2n) is 3.59. The van der Waals surface area contributed by atoms with Crippen LogP contribution in [-0.2, 0) is 4.74 Å². The highest BCUT2D eigenvalue weighted by atomic mass is 79.9. The number of unbranched alkanes of at least 4 members (excludes halogenated alkanes) is 3. The second-order valence-corrected chi connectivity index (χ2v) is 4.38. The molecule has 0 spiro atoms. The van der Waals surface area contributed by atoms with Crippen LogP contribution in [0.3, 0.4) is 0 Å². The van der Waals surface area contributed by atoms with Gasteiger partial charge in [-0.25, -0.2) is 0 Å². The lowest BCUT2D eigenvalue weighted by atomic mass is 10.1. The molecule has 1 saturated heterocycles. The minimum Gasteiger partial charge on any atom is -0.376 e. The Kier molecular flexibility index (Phi) is 10.2. The molecular weight excluding hydrogens is 244 g/mol. The summed E-state index contributed by atoms with van der Waals surface area (Å²) >= 11 is 3.44. The molecule has 0 radical (unpaired) electrons. The van der Waals surface area contributed by atoms with Gasteiger partial charge < -0.3 is 16.2 Å². The number of nitrogens with one attached hydrogen (secondary N) is 1. The fraction of sp³-hybridized carbons (Fsp3) is 1.00. The number of halogens is 1. The minimum atomic E-state index is 0. The number of alkyl halides is 1. The van der Waals surface area contributed by atoms with Gasteiger partial charge in [-0.1, -0.05) is 35.2 Å². The molecule has 4 N–H and O–H groups in total. The van der Waals surface area contributed by atoms with Crippen LogP contribution in [0.2, 0.25) is 0 Å². The first-order valence-corrected chi connectivity index (χ1v) is 6.44. The van der Waals surface area contributed by atoms with Gasteiger partial charge in [0.25, 0.3) is 0 Å². The van der Waals surface area contributed by atoms with E-state index in [0.29, 0.717) is 6.10 Å². The molecule has 0 aromatic carbocycles. The van der Waals surface area contributed by atoms with E-state index in [0.717, 1.165) is 25.0 Å². The number of rotatable bonds is 6. The Morgan fingerprint density at radius 1 is 1.21 bits per heavy atom. The predicted molar refractivity (Wildman–Crippen MR) is 64.5 cm³/mol. The third-order valence-corrected chi connectivity index (χ3v) is 2.97. The van der Waals surface area contributed by atoms with Crippen molar-refractivity contribution in [3.8, 4) is 0 Å². The predicted octanol–water partition coefficient (Wildman–Crippen LogP) is 2.48. The van der Waals surface area contributed by atoms with Crippen molar-refractivity contribution in [3.63, 3.8) is 0 Å². The first-order chi connectivity index (χ1) is 6.43. The summed E-state index contributed by atoms with van der Waals surface area (Å²) in [6.45, 7) is 2.98. The second kappa shape index (κ2) is 9.90. The molecule has 0 bridgehead atoms. The summed E-state index contributed by atoms with van der Waals surface area (Å²) in [5.74, 6) is 0. The largest absolute Gasteiger partial charge is 0.376 e. The van der Waals surface area contributed by atoms with Crippen LogP contribution in [0.15, 0.2) is 0 Å². The van der Waals surface area contributed by atoms with Gasteiger partial charge in [-0.15, -0.1) is 0 Å². The molecule has 3 nitrogen and oxygen atoms in total. The maximum Gasteiger partial charge on any atom is 0.0700 e. The van der Waals surface area contributed by atoms with Crippen molar-refractivity contribution in [2.75, 3.05) is 25.0 Å². The van der Waals surface area contributed by atoms with Gasteiger partial charge in [0.05, 0.1) is 12.7 Å². The molecule has 1 rings (SSSR count). The molecule has 4 heteroatoms. The van der Waals surface area contributed by atoms with E-state index in [-0.39, 0.29) is 6.15 Å². The van der Waals surface area contributed by atoms with Crippen molar-refractivity contribution in [2.45, 2.75) is 38.2 Å². The van der Waals surface area contributed by atoms with Crippen molar-refractivity contribution >= 4 is 15.9 Å². The lowest BCUT2D eigenvalue weighted by Gasteiger charge is -2.23. The van der Waals surface area contributed by atoms with Crippen LogP contribution in [0, 0.1) is 0 Å². The zero-order chi connectivity index (χ0) is 9.36. The summed E-state index contributed by atoms with van der Waals surface area (Å²) in [6, 6.07) is 0. The van der Waals surface area contributed by atoms with Gasteiger partial charge in [0, 0.05) is 18.4 Å². The van der Waals surface area contributed by atoms with Gasteiger partial charge in [-0.3, -0.25) is 0 Å². The van der Waals surface area contributed by atoms with Crippen molar-refractivity contribution in [2.24, 2.45) is 0 Å². The Morgan fingerprint density at radius 2 is 2.00 bits per heavy atom. The SMILES string of the molecule is BrCCCCCCC1CNCCO1.N. The minimum absolute atomic E-state index is 0. The number of ether oxygens (including phenoxy) is 1. The summed E-state index contributed by atoms with van der Waals surface area (Å²) in [5.41, 5.74) is 0. The van der Waals surface area contributed by atoms with Crippen LogP contribution >= 0.6 is 15.9 Å². The van der Waals surface area contributed by atoms with E-state index in [1.807, 2.05) is 0 Å². The van der Waals surface area contributed by atoms with Crippen molar-refractivity contribution < 1.29 is 4.74 Å². The quantitative estimate of drug-likeness (QED) is 0.574. The van der Waals surface area contributed by atoms with Crippen LogP contribution in [0.25, 0.3) is 0 Å². The molecule has 0 aromatic heterocycles. The van der Waals surface area contributed by atoms with Crippen LogP contribution in [0.5, 0.6) is 0 Å². The fourth-order valence-corrected chi connectivity index (χ4v) is 2.02. The van der Waals surface area contributed by atoms with Crippen LogP contribution < -0.4 is 11.5 Å². The maximum atomic E-state index is 5.61. The molecular formula is C10H23BrN2O. The number of hydrogen-bond donors (Lipinski definition) is 2. The molecule has 0 aliphatic carbocycles. The highest BCUT2D eigenvalue weighted by Gasteiger charge is 2.11. The van der Waals surface area contributed by atoms with E-state index in [2.05, 4.69) is 21.2 Å². The molecule has 1 fully saturated rings. The molecule has 14 heavy (non-hydrogen) atoms.